The van der Waals surface area contributed by atoms with Crippen LogP contribution in [0.15, 0.2) is 36.4 Å². The number of carbonyl (C=O) groups excluding carboxylic acids is 2. The predicted molar refractivity (Wildman–Crippen MR) is 125 cm³/mol. The molecule has 4 rings (SSSR count). The first kappa shape index (κ1) is 22.5. The maximum atomic E-state index is 13.1. The van der Waals surface area contributed by atoms with E-state index in [9.17, 15) is 14.0 Å². The van der Waals surface area contributed by atoms with E-state index in [1.165, 1.54) is 25.7 Å². The molecule has 1 saturated carbocycles. The van der Waals surface area contributed by atoms with Gasteiger partial charge in [0, 0.05) is 6.04 Å². The largest absolute Gasteiger partial charge is 0.495 e. The van der Waals surface area contributed by atoms with Gasteiger partial charge in [-0.25, -0.2) is 4.39 Å². The third kappa shape index (κ3) is 5.39. The van der Waals surface area contributed by atoms with Gasteiger partial charge in [-0.05, 0) is 48.7 Å². The van der Waals surface area contributed by atoms with Crippen molar-refractivity contribution in [1.82, 2.24) is 20.8 Å². The quantitative estimate of drug-likeness (QED) is 0.506. The van der Waals surface area contributed by atoms with Crippen molar-refractivity contribution in [2.45, 2.75) is 38.1 Å². The molecule has 2 aromatic carbocycles. The van der Waals surface area contributed by atoms with Crippen LogP contribution in [0.1, 0.15) is 53.7 Å². The molecule has 3 N–H and O–H groups in total. The molecule has 0 unspecified atom stereocenters. The number of hydrogen-bond acceptors (Lipinski definition) is 4. The van der Waals surface area contributed by atoms with Gasteiger partial charge in [-0.2, -0.15) is 5.10 Å². The molecular weight excluding hydrogens is 423 g/mol. The summed E-state index contributed by atoms with van der Waals surface area (Å²) in [6, 6.07) is 9.67. The summed E-state index contributed by atoms with van der Waals surface area (Å²) in [5.41, 5.74) is 2.41. The zero-order chi connectivity index (χ0) is 23.2. The molecule has 3 aromatic rings. The molecule has 1 aromatic heterocycles. The molecule has 7 nitrogen and oxygen atoms in total. The van der Waals surface area contributed by atoms with Crippen LogP contribution < -0.4 is 15.4 Å². The predicted octanol–water partition coefficient (Wildman–Crippen LogP) is 4.06. The number of nitrogens with zero attached hydrogens (tertiary/aromatic N) is 1. The third-order valence-corrected chi connectivity index (χ3v) is 5.84. The third-order valence-electron chi connectivity index (χ3n) is 5.84. The molecule has 1 fully saturated rings. The van der Waals surface area contributed by atoms with E-state index in [2.05, 4.69) is 20.8 Å². The highest BCUT2D eigenvalue weighted by atomic mass is 19.1. The Labute approximate surface area is 191 Å². The molecule has 2 amide bonds. The van der Waals surface area contributed by atoms with Crippen molar-refractivity contribution in [3.63, 3.8) is 0 Å². The topological polar surface area (TPSA) is 96.1 Å². The summed E-state index contributed by atoms with van der Waals surface area (Å²) in [6.45, 7) is -0.0980. The van der Waals surface area contributed by atoms with Crippen LogP contribution in [0.2, 0.25) is 0 Å². The second-order valence-corrected chi connectivity index (χ2v) is 8.15. The second kappa shape index (κ2) is 10.3. The normalized spacial score (nSPS) is 14.5. The Morgan fingerprint density at radius 3 is 2.61 bits per heavy atom. The number of ether oxygens (including phenoxy) is 1. The first-order chi connectivity index (χ1) is 16.0. The number of carbonyl (C=O) groups is 2. The summed E-state index contributed by atoms with van der Waals surface area (Å²) in [6.07, 6.45) is 9.00. The molecule has 33 heavy (non-hydrogen) atoms. The van der Waals surface area contributed by atoms with Crippen molar-refractivity contribution < 1.29 is 18.7 Å². The minimum atomic E-state index is -0.401. The Kier molecular flexibility index (Phi) is 7.02. The van der Waals surface area contributed by atoms with E-state index in [-0.39, 0.29) is 24.3 Å². The number of hydrogen-bond donors (Lipinski definition) is 3. The van der Waals surface area contributed by atoms with Gasteiger partial charge in [0.25, 0.3) is 5.91 Å². The Hall–Kier alpha value is -3.68. The lowest BCUT2D eigenvalue weighted by Crippen LogP contribution is -2.42. The smallest absolute Gasteiger partial charge is 0.255 e. The van der Waals surface area contributed by atoms with Crippen LogP contribution in [0, 0.1) is 5.82 Å². The Morgan fingerprint density at radius 2 is 1.88 bits per heavy atom. The highest BCUT2D eigenvalue weighted by Gasteiger charge is 2.20. The number of methoxy groups -OCH3 is 1. The minimum absolute atomic E-state index is 0.0980. The molecule has 0 bridgehead atoms. The van der Waals surface area contributed by atoms with E-state index in [4.69, 9.17) is 4.74 Å². The van der Waals surface area contributed by atoms with Gasteiger partial charge in [0.15, 0.2) is 0 Å². The van der Waals surface area contributed by atoms with Crippen LogP contribution in [0.4, 0.5) is 4.39 Å². The fourth-order valence-corrected chi connectivity index (χ4v) is 4.15. The van der Waals surface area contributed by atoms with Crippen LogP contribution in [-0.2, 0) is 4.79 Å². The van der Waals surface area contributed by atoms with Crippen molar-refractivity contribution in [3.05, 3.63) is 59.0 Å². The zero-order valence-corrected chi connectivity index (χ0v) is 18.5. The van der Waals surface area contributed by atoms with E-state index in [0.29, 0.717) is 27.9 Å². The molecular formula is C25H27FN4O3. The van der Waals surface area contributed by atoms with E-state index in [0.717, 1.165) is 31.2 Å². The molecule has 1 heterocycles. The molecule has 172 valence electrons. The van der Waals surface area contributed by atoms with Crippen molar-refractivity contribution in [1.29, 1.82) is 0 Å². The van der Waals surface area contributed by atoms with Gasteiger partial charge in [-0.3, -0.25) is 14.7 Å². The van der Waals surface area contributed by atoms with Crippen molar-refractivity contribution in [2.24, 2.45) is 0 Å². The molecule has 1 aliphatic carbocycles. The minimum Gasteiger partial charge on any atom is -0.495 e. The first-order valence-electron chi connectivity index (χ1n) is 11.1. The Bertz CT molecular complexity index is 1160. The fraction of sp³-hybridized carbons (Fsp3) is 0.320. The Morgan fingerprint density at radius 1 is 1.12 bits per heavy atom. The van der Waals surface area contributed by atoms with Gasteiger partial charge in [-0.1, -0.05) is 37.5 Å². The molecule has 0 radical (unpaired) electrons. The average Bonchev–Trinajstić information content (AvgIpc) is 3.25. The number of amides is 2. The zero-order valence-electron chi connectivity index (χ0n) is 18.5. The standard InChI is InChI=1S/C25H27FN4O3/c1-33-24-19(25(32)27-15-22(31)28-18-5-3-2-4-6-18)12-14-21-23(24)20(29-30-21)13-9-16-7-10-17(26)11-8-16/h7-14,18H,2-6,15H2,1H3,(H,27,32)(H,28,31)(H,29,30). The van der Waals surface area contributed by atoms with Crippen LogP contribution in [0.25, 0.3) is 23.1 Å². The number of benzene rings is 2. The number of rotatable bonds is 7. The lowest BCUT2D eigenvalue weighted by atomic mass is 9.95. The number of nitrogens with one attached hydrogen (secondary N) is 3. The summed E-state index contributed by atoms with van der Waals surface area (Å²) in [5, 5.41) is 13.6. The van der Waals surface area contributed by atoms with Gasteiger partial charge < -0.3 is 15.4 Å². The highest BCUT2D eigenvalue weighted by molar-refractivity contribution is 6.06. The SMILES string of the molecule is COc1c(C(=O)NCC(=O)NC2CCCCC2)ccc2[nH]nc(C=Cc3ccc(F)cc3)c12. The number of aromatic amines is 1. The molecule has 0 atom stereocenters. The van der Waals surface area contributed by atoms with E-state index in [1.54, 1.807) is 36.4 Å². The van der Waals surface area contributed by atoms with Gasteiger partial charge in [0.2, 0.25) is 5.91 Å². The van der Waals surface area contributed by atoms with E-state index >= 15 is 0 Å². The lowest BCUT2D eigenvalue weighted by Gasteiger charge is -2.22. The van der Waals surface area contributed by atoms with Gasteiger partial charge in [0.1, 0.15) is 11.6 Å². The monoisotopic (exact) mass is 450 g/mol. The Balaban J connectivity index is 1.50. The summed E-state index contributed by atoms with van der Waals surface area (Å²) < 4.78 is 18.7. The maximum absolute atomic E-state index is 13.1. The van der Waals surface area contributed by atoms with Crippen molar-refractivity contribution in [2.75, 3.05) is 13.7 Å². The average molecular weight is 451 g/mol. The number of fused-ring (bicyclic) bond motifs is 1. The number of halogens is 1. The van der Waals surface area contributed by atoms with Gasteiger partial charge in [-0.15, -0.1) is 0 Å². The summed E-state index contributed by atoms with van der Waals surface area (Å²) in [4.78, 5) is 25.1. The van der Waals surface area contributed by atoms with Gasteiger partial charge >= 0.3 is 0 Å². The maximum Gasteiger partial charge on any atom is 0.255 e. The molecule has 0 spiro atoms. The van der Waals surface area contributed by atoms with Crippen LogP contribution in [-0.4, -0.2) is 41.7 Å². The molecule has 1 aliphatic rings. The summed E-state index contributed by atoms with van der Waals surface area (Å²) in [5.74, 6) is -0.531. The molecule has 8 heteroatoms. The van der Waals surface area contributed by atoms with Gasteiger partial charge in [0.05, 0.1) is 35.8 Å². The summed E-state index contributed by atoms with van der Waals surface area (Å²) in [7, 11) is 1.49. The number of aromatic nitrogens is 2. The second-order valence-electron chi connectivity index (χ2n) is 8.15. The van der Waals surface area contributed by atoms with E-state index in [1.807, 2.05) is 0 Å². The molecule has 0 aliphatic heterocycles. The lowest BCUT2D eigenvalue weighted by molar-refractivity contribution is -0.121. The van der Waals surface area contributed by atoms with Crippen LogP contribution in [0.5, 0.6) is 5.75 Å². The summed E-state index contributed by atoms with van der Waals surface area (Å²) >= 11 is 0. The first-order valence-corrected chi connectivity index (χ1v) is 11.1. The highest BCUT2D eigenvalue weighted by Crippen LogP contribution is 2.32. The van der Waals surface area contributed by atoms with Crippen molar-refractivity contribution in [3.8, 4) is 5.75 Å². The fourth-order valence-electron chi connectivity index (χ4n) is 4.15. The van der Waals surface area contributed by atoms with E-state index < -0.39 is 5.91 Å². The van der Waals surface area contributed by atoms with Crippen LogP contribution in [0.3, 0.4) is 0 Å². The van der Waals surface area contributed by atoms with Crippen LogP contribution >= 0.6 is 0 Å². The molecule has 0 saturated heterocycles. The number of H-pyrrole nitrogens is 1. The van der Waals surface area contributed by atoms with Crippen molar-refractivity contribution >= 4 is 34.9 Å².